The van der Waals surface area contributed by atoms with E-state index < -0.39 is 10.7 Å². The summed E-state index contributed by atoms with van der Waals surface area (Å²) in [4.78, 5) is 34.6. The monoisotopic (exact) mass is 194 g/mol. The lowest BCUT2D eigenvalue weighted by Crippen LogP contribution is -2.02. The van der Waals surface area contributed by atoms with Gasteiger partial charge in [-0.25, -0.2) is 4.98 Å². The van der Waals surface area contributed by atoms with Gasteiger partial charge in [0, 0.05) is 19.1 Å². The van der Waals surface area contributed by atoms with Crippen LogP contribution in [0, 0.1) is 10.1 Å². The molecule has 1 aromatic rings. The van der Waals surface area contributed by atoms with Gasteiger partial charge in [-0.1, -0.05) is 0 Å². The largest absolute Gasteiger partial charge is 0.296 e. The standard InChI is InChI=1S/C8H6N2O4/c1-5(12)8-3-7(10(13)14)2-6(4-11)9-8/h2-4H,1H3. The van der Waals surface area contributed by atoms with Gasteiger partial charge in [0.1, 0.15) is 11.4 Å². The Hall–Kier alpha value is -2.11. The van der Waals surface area contributed by atoms with Crippen LogP contribution in [0.5, 0.6) is 0 Å². The van der Waals surface area contributed by atoms with Crippen molar-refractivity contribution in [1.29, 1.82) is 0 Å². The van der Waals surface area contributed by atoms with Gasteiger partial charge in [0.15, 0.2) is 12.1 Å². The van der Waals surface area contributed by atoms with Crippen LogP contribution in [0.15, 0.2) is 12.1 Å². The molecule has 0 aliphatic rings. The van der Waals surface area contributed by atoms with Crippen LogP contribution in [-0.2, 0) is 0 Å². The van der Waals surface area contributed by atoms with E-state index in [0.29, 0.717) is 6.29 Å². The summed E-state index contributed by atoms with van der Waals surface area (Å²) in [6.45, 7) is 1.22. The molecule has 0 amide bonds. The average molecular weight is 194 g/mol. The molecule has 6 heteroatoms. The second kappa shape index (κ2) is 3.73. The van der Waals surface area contributed by atoms with Crippen LogP contribution in [0.3, 0.4) is 0 Å². The van der Waals surface area contributed by atoms with Crippen LogP contribution in [0.25, 0.3) is 0 Å². The number of ketones is 1. The third-order valence-electron chi connectivity index (χ3n) is 1.52. The van der Waals surface area contributed by atoms with E-state index in [9.17, 15) is 19.7 Å². The Morgan fingerprint density at radius 3 is 2.64 bits per heavy atom. The lowest BCUT2D eigenvalue weighted by atomic mass is 10.2. The van der Waals surface area contributed by atoms with Crippen LogP contribution >= 0.6 is 0 Å². The summed E-state index contributed by atoms with van der Waals surface area (Å²) in [6.07, 6.45) is 0.361. The smallest absolute Gasteiger partial charge is 0.274 e. The number of hydrogen-bond donors (Lipinski definition) is 0. The minimum atomic E-state index is -0.679. The molecule has 1 rings (SSSR count). The Balaban J connectivity index is 3.34. The maximum Gasteiger partial charge on any atom is 0.274 e. The van der Waals surface area contributed by atoms with Gasteiger partial charge in [0.2, 0.25) is 0 Å². The number of Topliss-reactive ketones (excluding diaryl/α,β-unsaturated/α-hetero) is 1. The van der Waals surface area contributed by atoms with Gasteiger partial charge in [-0.2, -0.15) is 0 Å². The maximum atomic E-state index is 10.9. The zero-order valence-corrected chi connectivity index (χ0v) is 7.26. The van der Waals surface area contributed by atoms with Gasteiger partial charge in [0.25, 0.3) is 5.69 Å². The van der Waals surface area contributed by atoms with E-state index in [0.717, 1.165) is 12.1 Å². The number of hydrogen-bond acceptors (Lipinski definition) is 5. The number of carbonyl (C=O) groups excluding carboxylic acids is 2. The Morgan fingerprint density at radius 2 is 2.21 bits per heavy atom. The summed E-state index contributed by atoms with van der Waals surface area (Å²) in [5, 5.41) is 10.4. The lowest BCUT2D eigenvalue weighted by molar-refractivity contribution is -0.385. The molecule has 72 valence electrons. The van der Waals surface area contributed by atoms with Crippen molar-refractivity contribution in [3.05, 3.63) is 33.6 Å². The summed E-state index contributed by atoms with van der Waals surface area (Å²) in [6, 6.07) is 2.05. The highest BCUT2D eigenvalue weighted by molar-refractivity contribution is 5.93. The van der Waals surface area contributed by atoms with Gasteiger partial charge in [-0.3, -0.25) is 19.7 Å². The molecule has 0 saturated heterocycles. The molecule has 0 bridgehead atoms. The van der Waals surface area contributed by atoms with Crippen LogP contribution in [-0.4, -0.2) is 22.0 Å². The quantitative estimate of drug-likeness (QED) is 0.310. The number of rotatable bonds is 3. The number of aromatic nitrogens is 1. The fourth-order valence-electron chi connectivity index (χ4n) is 0.883. The molecule has 14 heavy (non-hydrogen) atoms. The Bertz CT molecular complexity index is 382. The van der Waals surface area contributed by atoms with E-state index in [1.807, 2.05) is 0 Å². The topological polar surface area (TPSA) is 90.2 Å². The van der Waals surface area contributed by atoms with Crippen LogP contribution in [0.4, 0.5) is 5.69 Å². The molecule has 0 atom stereocenters. The Labute approximate surface area is 78.7 Å². The molecule has 1 aromatic heterocycles. The highest BCUT2D eigenvalue weighted by atomic mass is 16.6. The number of carbonyl (C=O) groups is 2. The zero-order chi connectivity index (χ0) is 10.7. The first-order valence-corrected chi connectivity index (χ1v) is 3.67. The first-order chi connectivity index (χ1) is 6.54. The summed E-state index contributed by atoms with van der Waals surface area (Å²) >= 11 is 0. The second-order valence-corrected chi connectivity index (χ2v) is 2.57. The van der Waals surface area contributed by atoms with E-state index >= 15 is 0 Å². The second-order valence-electron chi connectivity index (χ2n) is 2.57. The molecule has 0 spiro atoms. The average Bonchev–Trinajstić information content (AvgIpc) is 2.16. The van der Waals surface area contributed by atoms with Gasteiger partial charge < -0.3 is 0 Å². The molecular formula is C8H6N2O4. The van der Waals surface area contributed by atoms with E-state index in [4.69, 9.17) is 0 Å². The van der Waals surface area contributed by atoms with E-state index in [1.165, 1.54) is 6.92 Å². The van der Waals surface area contributed by atoms with Gasteiger partial charge in [-0.15, -0.1) is 0 Å². The van der Waals surface area contributed by atoms with Crippen LogP contribution in [0.2, 0.25) is 0 Å². The first kappa shape index (κ1) is 9.97. The third-order valence-corrected chi connectivity index (χ3v) is 1.52. The molecule has 1 heterocycles. The molecule has 0 aromatic carbocycles. The van der Waals surface area contributed by atoms with Crippen molar-refractivity contribution in [2.75, 3.05) is 0 Å². The van der Waals surface area contributed by atoms with Crippen molar-refractivity contribution in [3.63, 3.8) is 0 Å². The van der Waals surface area contributed by atoms with Gasteiger partial charge >= 0.3 is 0 Å². The van der Waals surface area contributed by atoms with Crippen LogP contribution in [0.1, 0.15) is 27.9 Å². The SMILES string of the molecule is CC(=O)c1cc([N+](=O)[O-])cc(C=O)n1. The van der Waals surface area contributed by atoms with Crippen molar-refractivity contribution in [3.8, 4) is 0 Å². The molecule has 0 aliphatic heterocycles. The summed E-state index contributed by atoms with van der Waals surface area (Å²) in [7, 11) is 0. The molecule has 0 aliphatic carbocycles. The predicted octanol–water partition coefficient (Wildman–Crippen LogP) is 1.00. The molecule has 6 nitrogen and oxygen atoms in total. The first-order valence-electron chi connectivity index (χ1n) is 3.67. The Morgan fingerprint density at radius 1 is 1.57 bits per heavy atom. The number of aldehydes is 1. The van der Waals surface area contributed by atoms with Crippen molar-refractivity contribution >= 4 is 17.8 Å². The fourth-order valence-corrected chi connectivity index (χ4v) is 0.883. The van der Waals surface area contributed by atoms with Gasteiger partial charge in [0.05, 0.1) is 4.92 Å². The van der Waals surface area contributed by atoms with E-state index in [-0.39, 0.29) is 17.1 Å². The number of nitrogens with zero attached hydrogens (tertiary/aromatic N) is 2. The number of pyridine rings is 1. The summed E-state index contributed by atoms with van der Waals surface area (Å²) in [5.41, 5.74) is -0.516. The van der Waals surface area contributed by atoms with Crippen molar-refractivity contribution in [2.24, 2.45) is 0 Å². The van der Waals surface area contributed by atoms with Gasteiger partial charge in [-0.05, 0) is 0 Å². The summed E-state index contributed by atoms with van der Waals surface area (Å²) < 4.78 is 0. The maximum absolute atomic E-state index is 10.9. The molecule has 0 saturated carbocycles. The predicted molar refractivity (Wildman–Crippen MR) is 46.3 cm³/mol. The van der Waals surface area contributed by atoms with E-state index in [2.05, 4.69) is 4.98 Å². The minimum absolute atomic E-state index is 0.0821. The number of nitro groups is 1. The molecular weight excluding hydrogens is 188 g/mol. The molecule has 0 fully saturated rings. The van der Waals surface area contributed by atoms with E-state index in [1.54, 1.807) is 0 Å². The highest BCUT2D eigenvalue weighted by Crippen LogP contribution is 2.13. The highest BCUT2D eigenvalue weighted by Gasteiger charge is 2.12. The van der Waals surface area contributed by atoms with Crippen molar-refractivity contribution in [2.45, 2.75) is 6.92 Å². The lowest BCUT2D eigenvalue weighted by Gasteiger charge is -1.96. The Kier molecular flexibility index (Phi) is 2.66. The summed E-state index contributed by atoms with van der Waals surface area (Å²) in [5.74, 6) is -0.420. The third kappa shape index (κ3) is 1.98. The molecule has 0 radical (unpaired) electrons. The van der Waals surface area contributed by atoms with Crippen molar-refractivity contribution in [1.82, 2.24) is 4.98 Å². The van der Waals surface area contributed by atoms with Crippen LogP contribution < -0.4 is 0 Å². The minimum Gasteiger partial charge on any atom is -0.296 e. The normalized spacial score (nSPS) is 9.50. The fraction of sp³-hybridized carbons (Fsp3) is 0.125. The molecule has 0 unspecified atom stereocenters. The molecule has 0 N–H and O–H groups in total. The zero-order valence-electron chi connectivity index (χ0n) is 7.26. The van der Waals surface area contributed by atoms with Crippen molar-refractivity contribution < 1.29 is 14.5 Å².